The summed E-state index contributed by atoms with van der Waals surface area (Å²) < 4.78 is 13.4. The second-order valence-corrected chi connectivity index (χ2v) is 19.6. The molecule has 4 aliphatic carbocycles. The van der Waals surface area contributed by atoms with Gasteiger partial charge >= 0.3 is 0 Å². The van der Waals surface area contributed by atoms with E-state index in [2.05, 4.69) is 103 Å². The number of fused-ring (bicyclic) bond motifs is 5. The minimum Gasteiger partial charge on any atom is -0.349 e. The van der Waals surface area contributed by atoms with Crippen LogP contribution in [0.15, 0.2) is 11.6 Å². The Morgan fingerprint density at radius 2 is 1.60 bits per heavy atom. The minimum absolute atomic E-state index is 0.118. The summed E-state index contributed by atoms with van der Waals surface area (Å²) >= 11 is 0. The Balaban J connectivity index is 1.30. The third kappa shape index (κ3) is 5.66. The van der Waals surface area contributed by atoms with Gasteiger partial charge < -0.3 is 9.47 Å². The van der Waals surface area contributed by atoms with E-state index < -0.39 is 0 Å². The van der Waals surface area contributed by atoms with E-state index in [1.54, 1.807) is 5.57 Å². The molecule has 5 rings (SSSR count). The number of ketones is 1. The van der Waals surface area contributed by atoms with E-state index in [0.29, 0.717) is 53.1 Å². The van der Waals surface area contributed by atoms with Crippen molar-refractivity contribution in [2.24, 2.45) is 74.9 Å². The first kappa shape index (κ1) is 35.6. The molecular formula is C42H72O3. The van der Waals surface area contributed by atoms with Crippen LogP contribution in [0.2, 0.25) is 0 Å². The molecule has 1 heterocycles. The van der Waals surface area contributed by atoms with Gasteiger partial charge in [0.1, 0.15) is 0 Å². The second-order valence-electron chi connectivity index (χ2n) is 19.6. The number of hydrogen-bond donors (Lipinski definition) is 0. The fourth-order valence-corrected chi connectivity index (χ4v) is 12.2. The molecule has 3 heteroatoms. The van der Waals surface area contributed by atoms with Crippen molar-refractivity contribution in [1.29, 1.82) is 0 Å². The molecule has 0 aromatic rings. The normalized spacial score (nSPS) is 47.9. The summed E-state index contributed by atoms with van der Waals surface area (Å²) in [4.78, 5) is 13.9. The molecule has 45 heavy (non-hydrogen) atoms. The lowest BCUT2D eigenvalue weighted by Crippen LogP contribution is -2.56. The zero-order chi connectivity index (χ0) is 33.5. The van der Waals surface area contributed by atoms with Crippen LogP contribution < -0.4 is 0 Å². The van der Waals surface area contributed by atoms with Gasteiger partial charge in [0.15, 0.2) is 12.1 Å². The molecule has 0 aromatic carbocycles. The lowest BCUT2D eigenvalue weighted by atomic mass is 9.41. The standard InChI is InChI=1S/C42H72O3/c1-15-35-29(6)28(5)30(7)37(44-35)45-38(8,9)19-16-27(4)39(10,11)36-18-21-41(13)32-23-34(43)33-22-25(2)26(3)24-40(33,12)31(32)17-20-42(36,41)14/h23,25-31,33,35-37H,15-22,24H2,1-14H3/t25-,26+,27-,28?,29?,30?,31?,33+,35?,36-,37?,40-,41+,42-/m1/s1. The van der Waals surface area contributed by atoms with Crippen molar-refractivity contribution in [3.8, 4) is 0 Å². The molecule has 3 saturated carbocycles. The second kappa shape index (κ2) is 12.0. The van der Waals surface area contributed by atoms with Gasteiger partial charge in [-0.15, -0.1) is 0 Å². The number of hydrogen-bond acceptors (Lipinski definition) is 3. The lowest BCUT2D eigenvalue weighted by molar-refractivity contribution is -0.283. The Hall–Kier alpha value is -0.670. The molecule has 1 aliphatic heterocycles. The highest BCUT2D eigenvalue weighted by Gasteiger charge is 2.66. The van der Waals surface area contributed by atoms with Gasteiger partial charge in [0.25, 0.3) is 0 Å². The van der Waals surface area contributed by atoms with Gasteiger partial charge in [-0.25, -0.2) is 0 Å². The summed E-state index contributed by atoms with van der Waals surface area (Å²) in [7, 11) is 0. The topological polar surface area (TPSA) is 35.5 Å². The molecule has 3 nitrogen and oxygen atoms in total. The fraction of sp³-hybridized carbons (Fsp3) is 0.929. The molecule has 0 N–H and O–H groups in total. The predicted molar refractivity (Wildman–Crippen MR) is 188 cm³/mol. The smallest absolute Gasteiger partial charge is 0.161 e. The quantitative estimate of drug-likeness (QED) is 0.269. The third-order valence-corrected chi connectivity index (χ3v) is 16.7. The zero-order valence-corrected chi connectivity index (χ0v) is 32.0. The van der Waals surface area contributed by atoms with Crippen LogP contribution >= 0.6 is 0 Å². The van der Waals surface area contributed by atoms with E-state index in [0.717, 1.165) is 25.7 Å². The molecule has 258 valence electrons. The molecule has 6 unspecified atom stereocenters. The molecule has 4 fully saturated rings. The first-order valence-electron chi connectivity index (χ1n) is 19.3. The van der Waals surface area contributed by atoms with E-state index in [-0.39, 0.29) is 45.6 Å². The predicted octanol–water partition coefficient (Wildman–Crippen LogP) is 11.3. The van der Waals surface area contributed by atoms with Gasteiger partial charge in [0.2, 0.25) is 0 Å². The maximum Gasteiger partial charge on any atom is 0.161 e. The van der Waals surface area contributed by atoms with Crippen LogP contribution in [0.4, 0.5) is 0 Å². The highest BCUT2D eigenvalue weighted by molar-refractivity contribution is 5.94. The van der Waals surface area contributed by atoms with E-state index in [1.807, 2.05) is 0 Å². The van der Waals surface area contributed by atoms with Crippen molar-refractivity contribution in [3.05, 3.63) is 11.6 Å². The molecule has 0 radical (unpaired) electrons. The van der Waals surface area contributed by atoms with E-state index in [9.17, 15) is 4.79 Å². The van der Waals surface area contributed by atoms with Crippen LogP contribution in [0, 0.1) is 74.9 Å². The lowest BCUT2D eigenvalue weighted by Gasteiger charge is -2.62. The van der Waals surface area contributed by atoms with Gasteiger partial charge in [0, 0.05) is 11.8 Å². The van der Waals surface area contributed by atoms with Crippen molar-refractivity contribution in [3.63, 3.8) is 0 Å². The molecule has 5 aliphatic rings. The summed E-state index contributed by atoms with van der Waals surface area (Å²) in [5.41, 5.74) is 2.02. The molecular weight excluding hydrogens is 552 g/mol. The Morgan fingerprint density at radius 1 is 0.933 bits per heavy atom. The summed E-state index contributed by atoms with van der Waals surface area (Å²) in [5.74, 6) is 5.43. The van der Waals surface area contributed by atoms with Crippen molar-refractivity contribution < 1.29 is 14.3 Å². The molecule has 14 atom stereocenters. The Kier molecular flexibility index (Phi) is 9.53. The van der Waals surface area contributed by atoms with E-state index >= 15 is 0 Å². The highest BCUT2D eigenvalue weighted by Crippen LogP contribution is 2.74. The number of allylic oxidation sites excluding steroid dienone is 2. The molecule has 0 aromatic heterocycles. The Labute approximate surface area is 278 Å². The molecule has 1 saturated heterocycles. The number of ether oxygens (including phenoxy) is 2. The average Bonchev–Trinajstić information content (AvgIpc) is 3.25. The van der Waals surface area contributed by atoms with Gasteiger partial charge in [-0.1, -0.05) is 88.7 Å². The molecule has 0 amide bonds. The maximum absolute atomic E-state index is 13.9. The molecule has 0 spiro atoms. The maximum atomic E-state index is 13.9. The van der Waals surface area contributed by atoms with Gasteiger partial charge in [-0.05, 0) is 141 Å². The highest BCUT2D eigenvalue weighted by atomic mass is 16.7. The van der Waals surface area contributed by atoms with Gasteiger partial charge in [0.05, 0.1) is 11.7 Å². The Morgan fingerprint density at radius 3 is 2.24 bits per heavy atom. The van der Waals surface area contributed by atoms with Crippen LogP contribution in [-0.4, -0.2) is 23.8 Å². The van der Waals surface area contributed by atoms with Gasteiger partial charge in [-0.2, -0.15) is 0 Å². The first-order chi connectivity index (χ1) is 20.7. The van der Waals surface area contributed by atoms with Crippen LogP contribution in [0.5, 0.6) is 0 Å². The average molecular weight is 625 g/mol. The number of carbonyl (C=O) groups excluding carboxylic acids is 1. The summed E-state index contributed by atoms with van der Waals surface area (Å²) in [6, 6.07) is 0. The van der Waals surface area contributed by atoms with E-state index in [4.69, 9.17) is 9.47 Å². The van der Waals surface area contributed by atoms with Crippen molar-refractivity contribution >= 4 is 5.78 Å². The Bertz CT molecular complexity index is 1130. The fourth-order valence-electron chi connectivity index (χ4n) is 12.2. The van der Waals surface area contributed by atoms with Gasteiger partial charge in [-0.3, -0.25) is 4.79 Å². The molecule has 0 bridgehead atoms. The van der Waals surface area contributed by atoms with Crippen LogP contribution in [0.1, 0.15) is 155 Å². The first-order valence-corrected chi connectivity index (χ1v) is 19.3. The van der Waals surface area contributed by atoms with Crippen molar-refractivity contribution in [1.82, 2.24) is 0 Å². The van der Waals surface area contributed by atoms with Crippen molar-refractivity contribution in [2.75, 3.05) is 0 Å². The summed E-state index contributed by atoms with van der Waals surface area (Å²) in [6.07, 6.45) is 13.0. The van der Waals surface area contributed by atoms with Crippen molar-refractivity contribution in [2.45, 2.75) is 173 Å². The summed E-state index contributed by atoms with van der Waals surface area (Å²) in [6.45, 7) is 34.0. The monoisotopic (exact) mass is 625 g/mol. The largest absolute Gasteiger partial charge is 0.349 e. The SMILES string of the molecule is CCC1OC(OC(C)(C)CC[C@@H](C)C(C)(C)[C@H]2CC[C@@]3(C)C4=CC(=O)[C@@H]5C[C@@H](C)[C@@H](C)C[C@]5(C)C4CC[C@]23C)C(C)C(C)C1C. The third-order valence-electron chi connectivity index (χ3n) is 16.7. The number of carbonyl (C=O) groups is 1. The minimum atomic E-state index is -0.220. The number of rotatable bonds is 8. The summed E-state index contributed by atoms with van der Waals surface area (Å²) in [5, 5.41) is 0. The van der Waals surface area contributed by atoms with E-state index in [1.165, 1.54) is 32.1 Å². The zero-order valence-electron chi connectivity index (χ0n) is 32.0. The van der Waals surface area contributed by atoms with Crippen LogP contribution in [0.25, 0.3) is 0 Å². The van der Waals surface area contributed by atoms with Crippen LogP contribution in [-0.2, 0) is 14.3 Å². The van der Waals surface area contributed by atoms with Crippen LogP contribution in [0.3, 0.4) is 0 Å².